The smallest absolute Gasteiger partial charge is 0.279 e. The number of anilines is 1. The Morgan fingerprint density at radius 3 is 2.28 bits per heavy atom. The van der Waals surface area contributed by atoms with Gasteiger partial charge in [0.05, 0.1) is 25.3 Å². The molecule has 0 radical (unpaired) electrons. The van der Waals surface area contributed by atoms with Crippen molar-refractivity contribution in [1.82, 2.24) is 14.9 Å². The van der Waals surface area contributed by atoms with Crippen LogP contribution in [0.2, 0.25) is 0 Å². The number of hydrogen-bond donors (Lipinski definition) is 2. The summed E-state index contributed by atoms with van der Waals surface area (Å²) in [6, 6.07) is 13.4. The van der Waals surface area contributed by atoms with Gasteiger partial charge in [-0.05, 0) is 42.5 Å². The molecule has 0 unspecified atom stereocenters. The third-order valence-electron chi connectivity index (χ3n) is 4.76. The third kappa shape index (κ3) is 5.22. The second-order valence-electron chi connectivity index (χ2n) is 7.15. The van der Waals surface area contributed by atoms with Gasteiger partial charge < -0.3 is 14.8 Å². The molecule has 13 heteroatoms. The Hall–Kier alpha value is -4.20. The van der Waals surface area contributed by atoms with E-state index in [1.807, 2.05) is 0 Å². The topological polar surface area (TPSA) is 129 Å². The molecule has 1 heterocycles. The minimum atomic E-state index is -4.25. The van der Waals surface area contributed by atoms with Crippen LogP contribution < -0.4 is 19.7 Å². The fourth-order valence-electron chi connectivity index (χ4n) is 3.17. The normalized spacial score (nSPS) is 11.3. The number of benzene rings is 3. The Morgan fingerprint density at radius 1 is 0.917 bits per heavy atom. The van der Waals surface area contributed by atoms with E-state index in [0.29, 0.717) is 11.0 Å². The first-order valence-electron chi connectivity index (χ1n) is 10.2. The maximum atomic E-state index is 14.5. The van der Waals surface area contributed by atoms with Crippen LogP contribution in [0.3, 0.4) is 0 Å². The molecule has 0 aliphatic carbocycles. The van der Waals surface area contributed by atoms with Crippen LogP contribution in [0.15, 0.2) is 65.6 Å². The fraction of sp³-hybridized carbons (Fsp3) is 0.0870. The van der Waals surface area contributed by atoms with Crippen LogP contribution in [-0.2, 0) is 14.9 Å². The summed E-state index contributed by atoms with van der Waals surface area (Å²) in [6.07, 6.45) is 0. The molecule has 10 nitrogen and oxygen atoms in total. The molecule has 1 aromatic heterocycles. The predicted octanol–water partition coefficient (Wildman–Crippen LogP) is 3.80. The monoisotopic (exact) mass is 516 g/mol. The Labute approximate surface area is 203 Å². The van der Waals surface area contributed by atoms with Gasteiger partial charge in [0.25, 0.3) is 21.8 Å². The van der Waals surface area contributed by atoms with E-state index in [2.05, 4.69) is 20.1 Å². The number of fused-ring (bicyclic) bond motifs is 1. The SMILES string of the molecule is CONS(=O)(=O)c1ccc(NC(=O)c2nc3ccccc3nc2Oc2ccc(OC)c(F)c2)cc1F. The zero-order valence-corrected chi connectivity index (χ0v) is 19.6. The number of sulfonamides is 1. The summed E-state index contributed by atoms with van der Waals surface area (Å²) in [5.41, 5.74) is 0.437. The molecular weight excluding hydrogens is 498 g/mol. The van der Waals surface area contributed by atoms with Gasteiger partial charge in [0.1, 0.15) is 16.5 Å². The Kier molecular flexibility index (Phi) is 7.05. The molecule has 0 atom stereocenters. The molecular formula is C23H18F2N4O6S. The summed E-state index contributed by atoms with van der Waals surface area (Å²) in [5.74, 6) is -2.87. The molecule has 0 spiro atoms. The van der Waals surface area contributed by atoms with Crippen LogP contribution in [0, 0.1) is 11.6 Å². The van der Waals surface area contributed by atoms with Gasteiger partial charge in [-0.25, -0.2) is 27.2 Å². The van der Waals surface area contributed by atoms with Crippen LogP contribution >= 0.6 is 0 Å². The average molecular weight is 516 g/mol. The molecule has 36 heavy (non-hydrogen) atoms. The van der Waals surface area contributed by atoms with Crippen molar-refractivity contribution < 1.29 is 36.3 Å². The van der Waals surface area contributed by atoms with Crippen LogP contribution in [-0.4, -0.2) is 38.5 Å². The summed E-state index contributed by atoms with van der Waals surface area (Å²) in [4.78, 5) is 27.0. The van der Waals surface area contributed by atoms with E-state index >= 15 is 0 Å². The lowest BCUT2D eigenvalue weighted by Crippen LogP contribution is -2.23. The Morgan fingerprint density at radius 2 is 1.64 bits per heavy atom. The number of amides is 1. The number of methoxy groups -OCH3 is 1. The van der Waals surface area contributed by atoms with Gasteiger partial charge in [0.15, 0.2) is 17.3 Å². The van der Waals surface area contributed by atoms with Crippen LogP contribution in [0.25, 0.3) is 11.0 Å². The van der Waals surface area contributed by atoms with E-state index in [1.54, 1.807) is 29.2 Å². The van der Waals surface area contributed by atoms with E-state index < -0.39 is 32.5 Å². The lowest BCUT2D eigenvalue weighted by Gasteiger charge is -2.12. The number of hydrogen-bond acceptors (Lipinski definition) is 8. The van der Waals surface area contributed by atoms with E-state index in [-0.39, 0.29) is 28.8 Å². The van der Waals surface area contributed by atoms with Crippen molar-refractivity contribution >= 4 is 32.7 Å². The summed E-state index contributed by atoms with van der Waals surface area (Å²) in [5, 5.41) is 2.43. The molecule has 0 saturated heterocycles. The van der Waals surface area contributed by atoms with Gasteiger partial charge in [0, 0.05) is 11.8 Å². The summed E-state index contributed by atoms with van der Waals surface area (Å²) < 4.78 is 63.1. The predicted molar refractivity (Wildman–Crippen MR) is 124 cm³/mol. The number of nitrogens with one attached hydrogen (secondary N) is 2. The average Bonchev–Trinajstić information content (AvgIpc) is 2.83. The lowest BCUT2D eigenvalue weighted by atomic mass is 10.2. The van der Waals surface area contributed by atoms with Gasteiger partial charge in [0.2, 0.25) is 0 Å². The molecule has 0 saturated carbocycles. The number of aromatic nitrogens is 2. The summed E-state index contributed by atoms with van der Waals surface area (Å²) >= 11 is 0. The highest BCUT2D eigenvalue weighted by atomic mass is 32.2. The molecule has 1 amide bonds. The van der Waals surface area contributed by atoms with Crippen LogP contribution in [0.5, 0.6) is 17.4 Å². The van der Waals surface area contributed by atoms with Crippen molar-refractivity contribution in [3.8, 4) is 17.4 Å². The number of para-hydroxylation sites is 2. The van der Waals surface area contributed by atoms with Crippen molar-refractivity contribution in [1.29, 1.82) is 0 Å². The lowest BCUT2D eigenvalue weighted by molar-refractivity contribution is 0.101. The van der Waals surface area contributed by atoms with Crippen molar-refractivity contribution in [3.05, 3.63) is 78.0 Å². The van der Waals surface area contributed by atoms with Gasteiger partial charge in [-0.1, -0.05) is 17.0 Å². The Balaban J connectivity index is 1.68. The third-order valence-corrected chi connectivity index (χ3v) is 6.06. The first-order valence-corrected chi connectivity index (χ1v) is 11.6. The zero-order valence-electron chi connectivity index (χ0n) is 18.8. The van der Waals surface area contributed by atoms with Crippen molar-refractivity contribution in [3.63, 3.8) is 0 Å². The second kappa shape index (κ2) is 10.2. The highest BCUT2D eigenvalue weighted by Gasteiger charge is 2.22. The minimum absolute atomic E-state index is 0.00176. The molecule has 3 aromatic carbocycles. The molecule has 4 rings (SSSR count). The highest BCUT2D eigenvalue weighted by molar-refractivity contribution is 7.89. The van der Waals surface area contributed by atoms with Crippen molar-refractivity contribution in [2.24, 2.45) is 0 Å². The van der Waals surface area contributed by atoms with Gasteiger partial charge in [-0.3, -0.25) is 9.63 Å². The quantitative estimate of drug-likeness (QED) is 0.339. The van der Waals surface area contributed by atoms with Crippen LogP contribution in [0.1, 0.15) is 10.5 Å². The molecule has 0 fully saturated rings. The first-order chi connectivity index (χ1) is 17.2. The fourth-order valence-corrected chi connectivity index (χ4v) is 4.04. The van der Waals surface area contributed by atoms with E-state index in [1.165, 1.54) is 25.3 Å². The Bertz CT molecular complexity index is 1570. The molecule has 0 bridgehead atoms. The number of halogens is 2. The molecule has 0 aliphatic heterocycles. The first kappa shape index (κ1) is 24.9. The number of ether oxygens (including phenoxy) is 2. The molecule has 2 N–H and O–H groups in total. The molecule has 186 valence electrons. The maximum absolute atomic E-state index is 14.5. The van der Waals surface area contributed by atoms with Crippen molar-refractivity contribution in [2.45, 2.75) is 4.90 Å². The number of rotatable bonds is 8. The minimum Gasteiger partial charge on any atom is -0.494 e. The molecule has 4 aromatic rings. The maximum Gasteiger partial charge on any atom is 0.279 e. The number of carbonyl (C=O) groups excluding carboxylic acids is 1. The highest BCUT2D eigenvalue weighted by Crippen LogP contribution is 2.29. The summed E-state index contributed by atoms with van der Waals surface area (Å²) in [6.45, 7) is 0. The van der Waals surface area contributed by atoms with E-state index in [9.17, 15) is 22.0 Å². The zero-order chi connectivity index (χ0) is 25.9. The largest absolute Gasteiger partial charge is 0.494 e. The van der Waals surface area contributed by atoms with Gasteiger partial charge in [-0.15, -0.1) is 0 Å². The van der Waals surface area contributed by atoms with Crippen LogP contribution in [0.4, 0.5) is 14.5 Å². The standard InChI is InChI=1S/C23H18F2N4O6S/c1-33-19-9-8-14(12-15(19)24)35-23-21(27-17-5-3-4-6-18(17)28-23)22(30)26-13-7-10-20(16(25)11-13)36(31,32)29-34-2/h3-12,29H,1-2H3,(H,26,30). The summed E-state index contributed by atoms with van der Waals surface area (Å²) in [7, 11) is -1.88. The van der Waals surface area contributed by atoms with Gasteiger partial charge >= 0.3 is 0 Å². The molecule has 0 aliphatic rings. The second-order valence-corrected chi connectivity index (χ2v) is 8.77. The van der Waals surface area contributed by atoms with E-state index in [0.717, 1.165) is 25.3 Å². The number of nitrogens with zero attached hydrogens (tertiary/aromatic N) is 2. The van der Waals surface area contributed by atoms with Crippen molar-refractivity contribution in [2.75, 3.05) is 19.5 Å². The van der Waals surface area contributed by atoms with Gasteiger partial charge in [-0.2, -0.15) is 0 Å². The van der Waals surface area contributed by atoms with E-state index in [4.69, 9.17) is 9.47 Å². The number of carbonyl (C=O) groups is 1.